The van der Waals surface area contributed by atoms with Crippen LogP contribution < -0.4 is 5.32 Å². The zero-order valence-corrected chi connectivity index (χ0v) is 24.1. The molecule has 0 saturated heterocycles. The van der Waals surface area contributed by atoms with Gasteiger partial charge in [0.15, 0.2) is 0 Å². The highest BCUT2D eigenvalue weighted by Gasteiger charge is 2.50. The fraction of sp³-hybridized carbons (Fsp3) is 0.647. The summed E-state index contributed by atoms with van der Waals surface area (Å²) < 4.78 is 0. The molecule has 38 heavy (non-hydrogen) atoms. The normalized spacial score (nSPS) is 35.0. The Morgan fingerprint density at radius 3 is 2.61 bits per heavy atom. The molecule has 1 aromatic carbocycles. The van der Waals surface area contributed by atoms with Gasteiger partial charge in [0.05, 0.1) is 23.9 Å². The van der Waals surface area contributed by atoms with Crippen LogP contribution in [-0.2, 0) is 6.54 Å². The molecule has 4 rings (SSSR count). The standard InChI is InChI=1S/C34H51NO3/c1-23(11-9-19-33(3,4)38)28-17-18-29-26(14-10-20-34(28,29)5)15-16-27-21-30(36)31(32(37)24(27)2)35-22-25-12-7-6-8-13-25/h6-8,12-13,15-16,23,28-32,35-38H,2,9-11,14,17-22H2,1,3-5H3/b26-15+,27-16-/t23-,28-,29+,30-,31+,32-,34-/m1/s1. The van der Waals surface area contributed by atoms with Crippen LogP contribution in [0.15, 0.2) is 65.8 Å². The Morgan fingerprint density at radius 2 is 1.89 bits per heavy atom. The molecule has 0 aromatic heterocycles. The quantitative estimate of drug-likeness (QED) is 0.300. The minimum Gasteiger partial charge on any atom is -0.391 e. The molecule has 0 amide bonds. The minimum absolute atomic E-state index is 0.339. The summed E-state index contributed by atoms with van der Waals surface area (Å²) in [6.45, 7) is 13.6. The van der Waals surface area contributed by atoms with Crippen LogP contribution in [0.25, 0.3) is 0 Å². The minimum atomic E-state index is -0.802. The number of allylic oxidation sites excluding steroid dienone is 3. The predicted octanol–water partition coefficient (Wildman–Crippen LogP) is 6.47. The highest BCUT2D eigenvalue weighted by Crippen LogP contribution is 2.60. The number of hydrogen-bond acceptors (Lipinski definition) is 4. The average molecular weight is 522 g/mol. The van der Waals surface area contributed by atoms with E-state index in [1.54, 1.807) is 5.57 Å². The molecular weight excluding hydrogens is 470 g/mol. The molecule has 4 N–H and O–H groups in total. The van der Waals surface area contributed by atoms with E-state index in [1.165, 1.54) is 32.1 Å². The van der Waals surface area contributed by atoms with Crippen LogP contribution in [0, 0.1) is 23.2 Å². The summed E-state index contributed by atoms with van der Waals surface area (Å²) in [5.74, 6) is 2.02. The van der Waals surface area contributed by atoms with Crippen molar-refractivity contribution >= 4 is 0 Å². The van der Waals surface area contributed by atoms with Gasteiger partial charge < -0.3 is 20.6 Å². The van der Waals surface area contributed by atoms with Crippen LogP contribution in [0.3, 0.4) is 0 Å². The van der Waals surface area contributed by atoms with Gasteiger partial charge in [0.1, 0.15) is 0 Å². The van der Waals surface area contributed by atoms with Gasteiger partial charge >= 0.3 is 0 Å². The van der Waals surface area contributed by atoms with Crippen LogP contribution in [0.1, 0.15) is 91.0 Å². The van der Waals surface area contributed by atoms with Crippen LogP contribution >= 0.6 is 0 Å². The van der Waals surface area contributed by atoms with Gasteiger partial charge in [-0.05, 0) is 92.3 Å². The molecule has 4 heteroatoms. The Kier molecular flexibility index (Phi) is 9.40. The van der Waals surface area contributed by atoms with Gasteiger partial charge in [-0.15, -0.1) is 0 Å². The molecule has 3 aliphatic carbocycles. The second-order valence-electron chi connectivity index (χ2n) is 13.3. The average Bonchev–Trinajstić information content (AvgIpc) is 3.22. The molecule has 0 heterocycles. The van der Waals surface area contributed by atoms with E-state index in [0.717, 1.165) is 41.9 Å². The number of rotatable bonds is 9. The van der Waals surface area contributed by atoms with Crippen molar-refractivity contribution in [3.05, 3.63) is 71.3 Å². The predicted molar refractivity (Wildman–Crippen MR) is 156 cm³/mol. The van der Waals surface area contributed by atoms with E-state index < -0.39 is 23.9 Å². The van der Waals surface area contributed by atoms with Crippen molar-refractivity contribution in [3.63, 3.8) is 0 Å². The van der Waals surface area contributed by atoms with Gasteiger partial charge in [0.2, 0.25) is 0 Å². The lowest BCUT2D eigenvalue weighted by molar-refractivity contribution is 0.0425. The highest BCUT2D eigenvalue weighted by atomic mass is 16.3. The zero-order chi connectivity index (χ0) is 27.5. The maximum atomic E-state index is 11.0. The lowest BCUT2D eigenvalue weighted by Gasteiger charge is -2.44. The summed E-state index contributed by atoms with van der Waals surface area (Å²) in [5, 5.41) is 35.4. The lowest BCUT2D eigenvalue weighted by Crippen LogP contribution is -2.52. The number of aliphatic hydroxyl groups excluding tert-OH is 2. The van der Waals surface area contributed by atoms with Crippen molar-refractivity contribution < 1.29 is 15.3 Å². The van der Waals surface area contributed by atoms with Crippen molar-refractivity contribution in [3.8, 4) is 0 Å². The molecule has 210 valence electrons. The molecule has 3 saturated carbocycles. The number of nitrogens with one attached hydrogen (secondary N) is 1. The number of fused-ring (bicyclic) bond motifs is 1. The molecule has 3 aliphatic rings. The summed E-state index contributed by atoms with van der Waals surface area (Å²) in [6.07, 6.45) is 12.9. The molecule has 0 bridgehead atoms. The Hall–Kier alpha value is -1.72. The van der Waals surface area contributed by atoms with Gasteiger partial charge in [0, 0.05) is 13.0 Å². The van der Waals surface area contributed by atoms with E-state index in [4.69, 9.17) is 0 Å². The highest BCUT2D eigenvalue weighted by molar-refractivity contribution is 5.40. The smallest absolute Gasteiger partial charge is 0.0965 e. The molecule has 0 spiro atoms. The molecule has 4 nitrogen and oxygen atoms in total. The van der Waals surface area contributed by atoms with Gasteiger partial charge in [-0.25, -0.2) is 0 Å². The van der Waals surface area contributed by atoms with Gasteiger partial charge in [-0.2, -0.15) is 0 Å². The Morgan fingerprint density at radius 1 is 1.16 bits per heavy atom. The van der Waals surface area contributed by atoms with Gasteiger partial charge in [0.25, 0.3) is 0 Å². The number of aliphatic hydroxyl groups is 3. The Balaban J connectivity index is 1.40. The van der Waals surface area contributed by atoms with E-state index in [9.17, 15) is 15.3 Å². The van der Waals surface area contributed by atoms with Crippen molar-refractivity contribution in [2.24, 2.45) is 23.2 Å². The van der Waals surface area contributed by atoms with E-state index in [0.29, 0.717) is 30.2 Å². The second-order valence-corrected chi connectivity index (χ2v) is 13.3. The van der Waals surface area contributed by atoms with E-state index in [1.807, 2.05) is 44.2 Å². The SMILES string of the molecule is C=C1/C(=C\C=C2/CCC[C@]3(C)[C@@H]([C@H](C)CCCC(C)(C)O)CC[C@@H]23)C[C@@H](O)[C@H](NCc2ccccc2)[C@@H]1O. The summed E-state index contributed by atoms with van der Waals surface area (Å²) >= 11 is 0. The van der Waals surface area contributed by atoms with Crippen LogP contribution in [0.5, 0.6) is 0 Å². The third-order valence-electron chi connectivity index (χ3n) is 10.0. The Labute approximate surface area is 230 Å². The zero-order valence-electron chi connectivity index (χ0n) is 24.1. The summed E-state index contributed by atoms with van der Waals surface area (Å²) in [6, 6.07) is 9.66. The molecular formula is C34H51NO3. The fourth-order valence-corrected chi connectivity index (χ4v) is 7.83. The lowest BCUT2D eigenvalue weighted by atomic mass is 9.60. The van der Waals surface area contributed by atoms with E-state index in [2.05, 4.69) is 37.9 Å². The topological polar surface area (TPSA) is 72.7 Å². The summed E-state index contributed by atoms with van der Waals surface area (Å²) in [5.41, 5.74) is 4.13. The summed E-state index contributed by atoms with van der Waals surface area (Å²) in [7, 11) is 0. The maximum Gasteiger partial charge on any atom is 0.0965 e. The first-order valence-electron chi connectivity index (χ1n) is 14.9. The third kappa shape index (κ3) is 6.70. The molecule has 0 radical (unpaired) electrons. The van der Waals surface area contributed by atoms with Crippen LogP contribution in [-0.4, -0.2) is 39.2 Å². The molecule has 7 atom stereocenters. The number of hydrogen-bond donors (Lipinski definition) is 4. The molecule has 0 unspecified atom stereocenters. The van der Waals surface area contributed by atoms with Crippen LogP contribution in [0.2, 0.25) is 0 Å². The third-order valence-corrected chi connectivity index (χ3v) is 10.0. The fourth-order valence-electron chi connectivity index (χ4n) is 7.83. The first-order valence-corrected chi connectivity index (χ1v) is 14.9. The number of benzene rings is 1. The van der Waals surface area contributed by atoms with E-state index in [-0.39, 0.29) is 0 Å². The van der Waals surface area contributed by atoms with Crippen LogP contribution in [0.4, 0.5) is 0 Å². The Bertz CT molecular complexity index is 1010. The molecule has 0 aliphatic heterocycles. The molecule has 1 aromatic rings. The first-order chi connectivity index (χ1) is 18.0. The van der Waals surface area contributed by atoms with Crippen molar-refractivity contribution in [2.45, 2.75) is 116 Å². The first kappa shape index (κ1) is 29.3. The van der Waals surface area contributed by atoms with Crippen molar-refractivity contribution in [1.29, 1.82) is 0 Å². The van der Waals surface area contributed by atoms with Gasteiger partial charge in [-0.1, -0.05) is 81.3 Å². The summed E-state index contributed by atoms with van der Waals surface area (Å²) in [4.78, 5) is 0. The van der Waals surface area contributed by atoms with E-state index >= 15 is 0 Å². The molecule has 3 fully saturated rings. The largest absolute Gasteiger partial charge is 0.391 e. The monoisotopic (exact) mass is 521 g/mol. The second kappa shape index (κ2) is 12.2. The van der Waals surface area contributed by atoms with Crippen molar-refractivity contribution in [2.75, 3.05) is 0 Å². The van der Waals surface area contributed by atoms with Crippen molar-refractivity contribution in [1.82, 2.24) is 5.32 Å². The van der Waals surface area contributed by atoms with Gasteiger partial charge in [-0.3, -0.25) is 0 Å². The maximum absolute atomic E-state index is 11.0.